The Balaban J connectivity index is 1.26. The van der Waals surface area contributed by atoms with Gasteiger partial charge in [-0.15, -0.1) is 0 Å². The molecule has 5 rings (SSSR count). The molecule has 11 heteroatoms. The predicted molar refractivity (Wildman–Crippen MR) is 122 cm³/mol. The number of rotatable bonds is 4. The van der Waals surface area contributed by atoms with Gasteiger partial charge in [-0.2, -0.15) is 4.31 Å². The minimum Gasteiger partial charge on any atom is -0.484 e. The molecular weight excluding hydrogens is 549 g/mol. The fourth-order valence-corrected chi connectivity index (χ4v) is 6.03. The number of carbonyl (C=O) groups excluding carboxylic acids is 1. The van der Waals surface area contributed by atoms with Crippen molar-refractivity contribution in [3.05, 3.63) is 56.8 Å². The SMILES string of the molecule is O=C(C(O)c1cccc(I)c1)N1CC2=C(C1)CN(S(=O)(=O)c1cnc3c(c1)OCCO3)C2. The van der Waals surface area contributed by atoms with Crippen molar-refractivity contribution in [3.8, 4) is 11.6 Å². The smallest absolute Gasteiger partial charge is 0.257 e. The highest BCUT2D eigenvalue weighted by atomic mass is 127. The van der Waals surface area contributed by atoms with Gasteiger partial charge in [0.25, 0.3) is 11.8 Å². The van der Waals surface area contributed by atoms with E-state index in [9.17, 15) is 18.3 Å². The normalized spacial score (nSPS) is 19.2. The van der Waals surface area contributed by atoms with E-state index in [0.29, 0.717) is 37.6 Å². The molecule has 0 aliphatic carbocycles. The summed E-state index contributed by atoms with van der Waals surface area (Å²) in [5, 5.41) is 10.5. The van der Waals surface area contributed by atoms with Crippen LogP contribution in [0, 0.1) is 3.57 Å². The summed E-state index contributed by atoms with van der Waals surface area (Å²) in [5.41, 5.74) is 2.33. The first-order valence-electron chi connectivity index (χ1n) is 10.0. The molecule has 9 nitrogen and oxygen atoms in total. The van der Waals surface area contributed by atoms with Gasteiger partial charge < -0.3 is 19.5 Å². The molecule has 2 aromatic rings. The molecule has 1 N–H and O–H groups in total. The molecule has 0 saturated carbocycles. The van der Waals surface area contributed by atoms with Crippen LogP contribution in [0.5, 0.6) is 11.6 Å². The third-order valence-electron chi connectivity index (χ3n) is 5.72. The lowest BCUT2D eigenvalue weighted by Crippen LogP contribution is -2.38. The van der Waals surface area contributed by atoms with Crippen molar-refractivity contribution < 1.29 is 27.8 Å². The van der Waals surface area contributed by atoms with E-state index in [1.54, 1.807) is 23.1 Å². The second-order valence-electron chi connectivity index (χ2n) is 7.80. The van der Waals surface area contributed by atoms with Crippen molar-refractivity contribution in [2.24, 2.45) is 0 Å². The number of nitrogens with zero attached hydrogens (tertiary/aromatic N) is 3. The molecule has 0 bridgehead atoms. The second kappa shape index (κ2) is 8.28. The number of amides is 1. The zero-order chi connectivity index (χ0) is 22.5. The monoisotopic (exact) mass is 569 g/mol. The van der Waals surface area contributed by atoms with E-state index in [4.69, 9.17) is 9.47 Å². The number of hydrogen-bond donors (Lipinski definition) is 1. The van der Waals surface area contributed by atoms with Crippen LogP contribution in [0.3, 0.4) is 0 Å². The number of ether oxygens (including phenoxy) is 2. The lowest BCUT2D eigenvalue weighted by atomic mass is 10.1. The molecule has 4 heterocycles. The average Bonchev–Trinajstić information content (AvgIpc) is 3.38. The Labute approximate surface area is 198 Å². The number of benzene rings is 1. The van der Waals surface area contributed by atoms with E-state index in [0.717, 1.165) is 14.7 Å². The number of pyridine rings is 1. The largest absolute Gasteiger partial charge is 0.484 e. The van der Waals surface area contributed by atoms with Gasteiger partial charge >= 0.3 is 0 Å². The Morgan fingerprint density at radius 3 is 2.53 bits per heavy atom. The average molecular weight is 569 g/mol. The highest BCUT2D eigenvalue weighted by Gasteiger charge is 2.39. The molecule has 1 unspecified atom stereocenters. The van der Waals surface area contributed by atoms with Crippen LogP contribution in [-0.4, -0.2) is 73.0 Å². The van der Waals surface area contributed by atoms with Gasteiger partial charge in [0.2, 0.25) is 10.0 Å². The van der Waals surface area contributed by atoms with Crippen molar-refractivity contribution >= 4 is 38.5 Å². The maximum atomic E-state index is 13.1. The van der Waals surface area contributed by atoms with Crippen molar-refractivity contribution in [3.63, 3.8) is 0 Å². The predicted octanol–water partition coefficient (Wildman–Crippen LogP) is 1.33. The Kier molecular flexibility index (Phi) is 5.60. The van der Waals surface area contributed by atoms with Gasteiger partial charge in [-0.3, -0.25) is 4.79 Å². The number of carbonyl (C=O) groups is 1. The van der Waals surface area contributed by atoms with Crippen LogP contribution in [0.15, 0.2) is 52.6 Å². The summed E-state index contributed by atoms with van der Waals surface area (Å²) in [4.78, 5) is 18.5. The van der Waals surface area contributed by atoms with Gasteiger partial charge in [-0.1, -0.05) is 12.1 Å². The van der Waals surface area contributed by atoms with Crippen LogP contribution >= 0.6 is 22.6 Å². The van der Waals surface area contributed by atoms with Crippen LogP contribution in [-0.2, 0) is 14.8 Å². The van der Waals surface area contributed by atoms with E-state index in [-0.39, 0.29) is 29.8 Å². The van der Waals surface area contributed by atoms with Crippen LogP contribution in [0.4, 0.5) is 0 Å². The number of aliphatic hydroxyl groups excluding tert-OH is 1. The van der Waals surface area contributed by atoms with E-state index < -0.39 is 16.1 Å². The summed E-state index contributed by atoms with van der Waals surface area (Å²) in [6.07, 6.45) is 0.0352. The molecule has 3 aliphatic heterocycles. The van der Waals surface area contributed by atoms with Gasteiger partial charge in [0, 0.05) is 35.8 Å². The fraction of sp³-hybridized carbons (Fsp3) is 0.333. The molecular formula is C21H20IN3O6S. The summed E-state index contributed by atoms with van der Waals surface area (Å²) >= 11 is 2.13. The number of aliphatic hydroxyl groups is 1. The first-order valence-corrected chi connectivity index (χ1v) is 12.5. The molecule has 168 valence electrons. The maximum absolute atomic E-state index is 13.1. The van der Waals surface area contributed by atoms with Gasteiger partial charge in [0.05, 0.1) is 6.20 Å². The Morgan fingerprint density at radius 1 is 1.09 bits per heavy atom. The zero-order valence-electron chi connectivity index (χ0n) is 16.9. The lowest BCUT2D eigenvalue weighted by molar-refractivity contribution is -0.139. The highest BCUT2D eigenvalue weighted by molar-refractivity contribution is 14.1. The number of fused-ring (bicyclic) bond motifs is 1. The Hall–Kier alpha value is -2.22. The van der Waals surface area contributed by atoms with E-state index in [1.165, 1.54) is 16.6 Å². The van der Waals surface area contributed by atoms with Crippen LogP contribution < -0.4 is 9.47 Å². The molecule has 0 fully saturated rings. The van der Waals surface area contributed by atoms with Gasteiger partial charge in [-0.25, -0.2) is 13.4 Å². The van der Waals surface area contributed by atoms with Gasteiger partial charge in [0.15, 0.2) is 11.9 Å². The molecule has 3 aliphatic rings. The summed E-state index contributed by atoms with van der Waals surface area (Å²) in [6.45, 7) is 1.74. The first-order chi connectivity index (χ1) is 15.3. The highest BCUT2D eigenvalue weighted by Crippen LogP contribution is 2.34. The molecule has 0 radical (unpaired) electrons. The Bertz CT molecular complexity index is 1210. The zero-order valence-corrected chi connectivity index (χ0v) is 19.9. The van der Waals surface area contributed by atoms with Crippen molar-refractivity contribution in [2.75, 3.05) is 39.4 Å². The third-order valence-corrected chi connectivity index (χ3v) is 8.15. The number of halogens is 1. The maximum Gasteiger partial charge on any atom is 0.257 e. The van der Waals surface area contributed by atoms with Gasteiger partial charge in [0.1, 0.15) is 18.1 Å². The van der Waals surface area contributed by atoms with Crippen molar-refractivity contribution in [2.45, 2.75) is 11.0 Å². The minimum absolute atomic E-state index is 0.0463. The van der Waals surface area contributed by atoms with Crippen molar-refractivity contribution in [1.29, 1.82) is 0 Å². The molecule has 0 saturated heterocycles. The lowest BCUT2D eigenvalue weighted by Gasteiger charge is -2.25. The third kappa shape index (κ3) is 3.87. The van der Waals surface area contributed by atoms with Gasteiger partial charge in [-0.05, 0) is 51.4 Å². The standard InChI is InChI=1S/C21H20IN3O6S/c22-16-3-1-2-13(6-16)19(26)21(27)24-9-14-11-25(12-15(14)10-24)32(28,29)17-7-18-20(23-8-17)31-5-4-30-18/h1-3,6-8,19,26H,4-5,9-12H2. The van der Waals surface area contributed by atoms with Crippen LogP contribution in [0.2, 0.25) is 0 Å². The summed E-state index contributed by atoms with van der Waals surface area (Å²) < 4.78 is 39.4. The molecule has 1 amide bonds. The van der Waals surface area contributed by atoms with E-state index in [2.05, 4.69) is 27.6 Å². The number of aromatic nitrogens is 1. The molecule has 32 heavy (non-hydrogen) atoms. The summed E-state index contributed by atoms with van der Waals surface area (Å²) in [5.74, 6) is 0.225. The van der Waals surface area contributed by atoms with E-state index >= 15 is 0 Å². The quantitative estimate of drug-likeness (QED) is 0.438. The van der Waals surface area contributed by atoms with Crippen LogP contribution in [0.1, 0.15) is 11.7 Å². The van der Waals surface area contributed by atoms with Crippen molar-refractivity contribution in [1.82, 2.24) is 14.2 Å². The molecule has 1 aromatic heterocycles. The topological polar surface area (TPSA) is 109 Å². The summed E-state index contributed by atoms with van der Waals surface area (Å²) in [6, 6.07) is 8.62. The second-order valence-corrected chi connectivity index (χ2v) is 11.0. The first kappa shape index (κ1) is 21.6. The number of hydrogen-bond acceptors (Lipinski definition) is 7. The Morgan fingerprint density at radius 2 is 1.81 bits per heavy atom. The molecule has 0 spiro atoms. The molecule has 1 atom stereocenters. The number of sulfonamides is 1. The molecule has 1 aromatic carbocycles. The van der Waals surface area contributed by atoms with E-state index in [1.807, 2.05) is 6.07 Å². The fourth-order valence-electron chi connectivity index (χ4n) is 4.07. The van der Waals surface area contributed by atoms with Crippen LogP contribution in [0.25, 0.3) is 0 Å². The summed E-state index contributed by atoms with van der Waals surface area (Å²) in [7, 11) is -3.78. The minimum atomic E-state index is -3.78.